The van der Waals surface area contributed by atoms with Crippen LogP contribution in [0.15, 0.2) is 42.9 Å². The number of halogens is 9. The van der Waals surface area contributed by atoms with Crippen LogP contribution in [0.3, 0.4) is 0 Å². The Labute approximate surface area is 259 Å². The van der Waals surface area contributed by atoms with Gasteiger partial charge in [0, 0.05) is 55.1 Å². The van der Waals surface area contributed by atoms with E-state index in [4.69, 9.17) is 43.9 Å². The van der Waals surface area contributed by atoms with Crippen LogP contribution in [0.2, 0.25) is 0 Å². The first-order chi connectivity index (χ1) is 21.6. The molecule has 4 heterocycles. The van der Waals surface area contributed by atoms with E-state index in [9.17, 15) is 39.5 Å². The molecule has 3 N–H and O–H groups in total. The van der Waals surface area contributed by atoms with Gasteiger partial charge in [-0.25, -0.2) is 19.4 Å². The molecular weight excluding hydrogens is 669 g/mol. The number of aliphatic carboxylic acids is 3. The van der Waals surface area contributed by atoms with Crippen LogP contribution in [-0.2, 0) is 37.0 Å². The Morgan fingerprint density at radius 1 is 0.936 bits per heavy atom. The van der Waals surface area contributed by atoms with Gasteiger partial charge in [0.2, 0.25) is 5.88 Å². The van der Waals surface area contributed by atoms with Gasteiger partial charge in [-0.1, -0.05) is 12.1 Å². The monoisotopic (exact) mass is 697 g/mol. The molecule has 2 aliphatic rings. The molecule has 12 nitrogen and oxygen atoms in total. The van der Waals surface area contributed by atoms with Crippen molar-refractivity contribution in [3.8, 4) is 5.88 Å². The molecule has 2 aromatic rings. The smallest absolute Gasteiger partial charge is 0.481 e. The lowest BCUT2D eigenvalue weighted by Gasteiger charge is -2.27. The van der Waals surface area contributed by atoms with E-state index in [2.05, 4.69) is 20.9 Å². The van der Waals surface area contributed by atoms with Gasteiger partial charge in [0.1, 0.15) is 0 Å². The number of carbonyl (C=O) groups is 3. The van der Waals surface area contributed by atoms with E-state index in [0.717, 1.165) is 44.0 Å². The van der Waals surface area contributed by atoms with Gasteiger partial charge in [-0.3, -0.25) is 9.88 Å². The molecule has 2 atom stereocenters. The van der Waals surface area contributed by atoms with Crippen LogP contribution in [0.25, 0.3) is 0 Å². The number of ether oxygens (including phenoxy) is 3. The fourth-order valence-electron chi connectivity index (χ4n) is 4.09. The zero-order chi connectivity index (χ0) is 36.1. The van der Waals surface area contributed by atoms with E-state index in [1.54, 1.807) is 19.5 Å². The van der Waals surface area contributed by atoms with Crippen molar-refractivity contribution in [1.82, 2.24) is 14.9 Å². The van der Waals surface area contributed by atoms with Crippen LogP contribution in [-0.4, -0.2) is 107 Å². The van der Waals surface area contributed by atoms with Crippen LogP contribution < -0.4 is 4.74 Å². The van der Waals surface area contributed by atoms with E-state index >= 15 is 0 Å². The van der Waals surface area contributed by atoms with Crippen molar-refractivity contribution < 1.29 is 83.4 Å². The first-order valence-electron chi connectivity index (χ1n) is 12.8. The summed E-state index contributed by atoms with van der Waals surface area (Å²) in [5.74, 6) is -7.05. The summed E-state index contributed by atoms with van der Waals surface area (Å²) in [7, 11) is 1.67. The van der Waals surface area contributed by atoms with E-state index < -0.39 is 36.4 Å². The molecule has 0 bridgehead atoms. The highest BCUT2D eigenvalue weighted by atomic mass is 19.4. The topological polar surface area (TPSA) is 169 Å². The molecule has 47 heavy (non-hydrogen) atoms. The van der Waals surface area contributed by atoms with Gasteiger partial charge in [-0.05, 0) is 17.7 Å². The Morgan fingerprint density at radius 3 is 1.94 bits per heavy atom. The minimum atomic E-state index is -5.08. The van der Waals surface area contributed by atoms with Crippen molar-refractivity contribution in [1.29, 1.82) is 0 Å². The summed E-state index contributed by atoms with van der Waals surface area (Å²) >= 11 is 0. The van der Waals surface area contributed by atoms with Crippen molar-refractivity contribution in [3.63, 3.8) is 0 Å². The fourth-order valence-corrected chi connectivity index (χ4v) is 4.09. The van der Waals surface area contributed by atoms with Crippen LogP contribution in [0.5, 0.6) is 5.88 Å². The Balaban J connectivity index is 0.000000430. The molecular formula is C26H28F9N3O9. The average molecular weight is 698 g/mol. The first-order valence-corrected chi connectivity index (χ1v) is 12.8. The second-order valence-corrected chi connectivity index (χ2v) is 9.68. The quantitative estimate of drug-likeness (QED) is 0.356. The summed E-state index contributed by atoms with van der Waals surface area (Å²) in [6, 6.07) is 8.03. The Morgan fingerprint density at radius 2 is 1.47 bits per heavy atom. The number of aromatic nitrogens is 2. The average Bonchev–Trinajstić information content (AvgIpc) is 3.50. The summed E-state index contributed by atoms with van der Waals surface area (Å²) in [6.45, 7) is 5.74. The second kappa shape index (κ2) is 17.6. The maximum atomic E-state index is 10.6. The van der Waals surface area contributed by atoms with Crippen molar-refractivity contribution >= 4 is 17.9 Å². The highest BCUT2D eigenvalue weighted by Gasteiger charge is 2.50. The normalized spacial score (nSPS) is 19.1. The molecule has 0 aliphatic carbocycles. The predicted molar refractivity (Wildman–Crippen MR) is 138 cm³/mol. The van der Waals surface area contributed by atoms with Crippen molar-refractivity contribution in [2.45, 2.75) is 31.7 Å². The van der Waals surface area contributed by atoms with Crippen LogP contribution in [0.1, 0.15) is 11.1 Å². The van der Waals surface area contributed by atoms with E-state index in [1.807, 2.05) is 24.4 Å². The fraction of sp³-hybridized carbons (Fsp3) is 0.500. The largest absolute Gasteiger partial charge is 0.490 e. The molecule has 2 aliphatic heterocycles. The van der Waals surface area contributed by atoms with Gasteiger partial charge in [0.15, 0.2) is 0 Å². The molecule has 2 saturated heterocycles. The summed E-state index contributed by atoms with van der Waals surface area (Å²) in [6.07, 6.45) is -9.84. The molecule has 2 fully saturated rings. The zero-order valence-electron chi connectivity index (χ0n) is 24.1. The number of alkyl halides is 9. The maximum absolute atomic E-state index is 10.6. The van der Waals surface area contributed by atoms with Crippen LogP contribution in [0.4, 0.5) is 39.5 Å². The van der Waals surface area contributed by atoms with Gasteiger partial charge >= 0.3 is 36.4 Å². The molecule has 0 aromatic carbocycles. The SMILES string of the molecule is COc1ncccc1CN1C[C@@H]2COC[C@]2(COCc2cccnc2)C1.O=C(O)C(F)(F)F.O=C(O)C(F)(F)F.O=C(O)C(F)(F)F. The minimum absolute atomic E-state index is 0.0810. The third-order valence-corrected chi connectivity index (χ3v) is 6.14. The first kappa shape index (κ1) is 40.8. The molecule has 2 aromatic heterocycles. The maximum Gasteiger partial charge on any atom is 0.490 e. The highest BCUT2D eigenvalue weighted by Crippen LogP contribution is 2.42. The molecule has 0 amide bonds. The molecule has 21 heteroatoms. The number of carboxylic acid groups (broad SMARTS) is 3. The van der Waals surface area contributed by atoms with Crippen molar-refractivity contribution in [2.75, 3.05) is 40.0 Å². The van der Waals surface area contributed by atoms with Crippen molar-refractivity contribution in [3.05, 3.63) is 54.0 Å². The lowest BCUT2D eigenvalue weighted by atomic mass is 9.82. The third-order valence-electron chi connectivity index (χ3n) is 6.14. The number of fused-ring (bicyclic) bond motifs is 1. The van der Waals surface area contributed by atoms with Gasteiger partial charge in [0.25, 0.3) is 0 Å². The number of methoxy groups -OCH3 is 1. The lowest BCUT2D eigenvalue weighted by molar-refractivity contribution is -0.193. The van der Waals surface area contributed by atoms with Crippen LogP contribution in [0, 0.1) is 11.3 Å². The molecule has 0 saturated carbocycles. The summed E-state index contributed by atoms with van der Waals surface area (Å²) < 4.78 is 112. The number of hydrogen-bond donors (Lipinski definition) is 3. The lowest BCUT2D eigenvalue weighted by Crippen LogP contribution is -2.35. The number of nitrogens with zero attached hydrogens (tertiary/aromatic N) is 3. The summed E-state index contributed by atoms with van der Waals surface area (Å²) in [5.41, 5.74) is 2.31. The zero-order valence-corrected chi connectivity index (χ0v) is 24.1. The number of rotatable bonds is 7. The van der Waals surface area contributed by atoms with Crippen molar-refractivity contribution in [2.24, 2.45) is 11.3 Å². The van der Waals surface area contributed by atoms with Gasteiger partial charge < -0.3 is 29.5 Å². The number of likely N-dealkylation sites (tertiary alicyclic amines) is 1. The standard InChI is InChI=1S/C20H25N3O3.3C2HF3O2/c1-24-19-17(5-3-7-22-19)9-23-10-18-12-26-15-20(18,13-23)14-25-11-16-4-2-6-21-8-16;3*3-2(4,5)1(6)7/h2-8,18H,9-15H2,1H3;3*(H,6,7)/t18-,20-;;;/m1.../s1. The molecule has 264 valence electrons. The summed E-state index contributed by atoms with van der Waals surface area (Å²) in [5, 5.41) is 21.4. The Hall–Kier alpha value is -4.24. The molecule has 4 rings (SSSR count). The number of hydrogen-bond acceptors (Lipinski definition) is 9. The molecule has 0 unspecified atom stereocenters. The van der Waals surface area contributed by atoms with E-state index in [-0.39, 0.29) is 5.41 Å². The third kappa shape index (κ3) is 14.4. The minimum Gasteiger partial charge on any atom is -0.481 e. The highest BCUT2D eigenvalue weighted by molar-refractivity contribution is 5.73. The Bertz CT molecular complexity index is 1240. The Kier molecular flexibility index (Phi) is 15.3. The van der Waals surface area contributed by atoms with Gasteiger partial charge in [-0.15, -0.1) is 0 Å². The van der Waals surface area contributed by atoms with Crippen LogP contribution >= 0.6 is 0 Å². The molecule has 0 spiro atoms. The molecule has 0 radical (unpaired) electrons. The summed E-state index contributed by atoms with van der Waals surface area (Å²) in [4.78, 5) is 37.6. The predicted octanol–water partition coefficient (Wildman–Crippen LogP) is 4.05. The van der Waals surface area contributed by atoms with E-state index in [0.29, 0.717) is 25.0 Å². The number of pyridine rings is 2. The number of carboxylic acids is 3. The second-order valence-electron chi connectivity index (χ2n) is 9.68. The van der Waals surface area contributed by atoms with Gasteiger partial charge in [-0.2, -0.15) is 39.5 Å². The van der Waals surface area contributed by atoms with E-state index in [1.165, 1.54) is 0 Å². The van der Waals surface area contributed by atoms with Gasteiger partial charge in [0.05, 0.1) is 33.5 Å².